The Hall–Kier alpha value is -0.610. The van der Waals surface area contributed by atoms with E-state index in [9.17, 15) is 13.2 Å². The fourth-order valence-corrected chi connectivity index (χ4v) is 1.81. The van der Waals surface area contributed by atoms with Gasteiger partial charge in [0, 0.05) is 11.4 Å². The summed E-state index contributed by atoms with van der Waals surface area (Å²) in [6.45, 7) is 0. The Morgan fingerprint density at radius 3 is 2.33 bits per heavy atom. The second-order valence-electron chi connectivity index (χ2n) is 2.74. The summed E-state index contributed by atoms with van der Waals surface area (Å²) in [5.41, 5.74) is -0.992. The van der Waals surface area contributed by atoms with E-state index in [1.807, 2.05) is 0 Å². The molecule has 0 aliphatic heterocycles. The van der Waals surface area contributed by atoms with Crippen LogP contribution in [-0.2, 0) is 12.1 Å². The Kier molecular flexibility index (Phi) is 3.73. The molecule has 0 aliphatic carbocycles. The molecule has 0 heterocycles. The molecule has 0 unspecified atom stereocenters. The zero-order valence-corrected chi connectivity index (χ0v) is 9.17. The highest BCUT2D eigenvalue weighted by molar-refractivity contribution is 6.33. The molecule has 1 rings (SSSR count). The minimum absolute atomic E-state index is 0.0951. The van der Waals surface area contributed by atoms with Crippen molar-refractivity contribution >= 4 is 23.2 Å². The van der Waals surface area contributed by atoms with Crippen LogP contribution in [0, 0.1) is 0 Å². The van der Waals surface area contributed by atoms with E-state index in [2.05, 4.69) is 0 Å². The highest BCUT2D eigenvalue weighted by Crippen LogP contribution is 2.39. The Morgan fingerprint density at radius 2 is 1.93 bits per heavy atom. The number of methoxy groups -OCH3 is 1. The summed E-state index contributed by atoms with van der Waals surface area (Å²) in [4.78, 5) is 0. The molecule has 1 nitrogen and oxygen atoms in total. The third-order valence-corrected chi connectivity index (χ3v) is 2.55. The summed E-state index contributed by atoms with van der Waals surface area (Å²) in [7, 11) is 1.33. The van der Waals surface area contributed by atoms with Gasteiger partial charge in [-0.1, -0.05) is 11.6 Å². The van der Waals surface area contributed by atoms with Gasteiger partial charge in [-0.3, -0.25) is 0 Å². The molecule has 1 aromatic rings. The minimum Gasteiger partial charge on any atom is -0.495 e. The van der Waals surface area contributed by atoms with E-state index in [1.54, 1.807) is 0 Å². The van der Waals surface area contributed by atoms with E-state index >= 15 is 0 Å². The molecule has 0 saturated carbocycles. The van der Waals surface area contributed by atoms with Crippen molar-refractivity contribution in [2.75, 3.05) is 7.11 Å². The molecule has 0 aromatic heterocycles. The fraction of sp³-hybridized carbons (Fsp3) is 0.333. The first-order valence-electron chi connectivity index (χ1n) is 3.90. The number of ether oxygens (including phenoxy) is 1. The van der Waals surface area contributed by atoms with Gasteiger partial charge in [0.25, 0.3) is 0 Å². The maximum absolute atomic E-state index is 12.5. The van der Waals surface area contributed by atoms with Crippen LogP contribution in [-0.4, -0.2) is 7.11 Å². The fourth-order valence-electron chi connectivity index (χ4n) is 1.15. The van der Waals surface area contributed by atoms with E-state index in [4.69, 9.17) is 27.9 Å². The quantitative estimate of drug-likeness (QED) is 0.726. The number of halogens is 5. The molecule has 6 heteroatoms. The Bertz CT molecular complexity index is 363. The maximum Gasteiger partial charge on any atom is 0.416 e. The summed E-state index contributed by atoms with van der Waals surface area (Å²) < 4.78 is 42.3. The Morgan fingerprint density at radius 1 is 1.33 bits per heavy atom. The van der Waals surface area contributed by atoms with Gasteiger partial charge >= 0.3 is 6.18 Å². The van der Waals surface area contributed by atoms with Gasteiger partial charge in [0.2, 0.25) is 0 Å². The highest BCUT2D eigenvalue weighted by atomic mass is 35.5. The van der Waals surface area contributed by atoms with Gasteiger partial charge < -0.3 is 4.74 Å². The summed E-state index contributed by atoms with van der Waals surface area (Å²) >= 11 is 11.1. The van der Waals surface area contributed by atoms with Crippen molar-refractivity contribution in [2.45, 2.75) is 12.1 Å². The van der Waals surface area contributed by atoms with Crippen LogP contribution in [0.25, 0.3) is 0 Å². The predicted molar refractivity (Wildman–Crippen MR) is 52.6 cm³/mol. The normalized spacial score (nSPS) is 11.6. The second-order valence-corrected chi connectivity index (χ2v) is 3.38. The van der Waals surface area contributed by atoms with Crippen molar-refractivity contribution in [3.63, 3.8) is 0 Å². The molecule has 0 saturated heterocycles. The van der Waals surface area contributed by atoms with Crippen molar-refractivity contribution in [1.82, 2.24) is 0 Å². The van der Waals surface area contributed by atoms with Crippen LogP contribution >= 0.6 is 23.2 Å². The lowest BCUT2D eigenvalue weighted by molar-refractivity contribution is -0.138. The van der Waals surface area contributed by atoms with Gasteiger partial charge in [-0.05, 0) is 12.1 Å². The maximum atomic E-state index is 12.5. The number of benzene rings is 1. The zero-order valence-electron chi connectivity index (χ0n) is 7.66. The molecule has 15 heavy (non-hydrogen) atoms. The lowest BCUT2D eigenvalue weighted by Gasteiger charge is -2.14. The van der Waals surface area contributed by atoms with E-state index in [0.717, 1.165) is 6.07 Å². The second kappa shape index (κ2) is 4.49. The molecular formula is C9H7Cl2F3O. The van der Waals surface area contributed by atoms with Crippen LogP contribution in [0.1, 0.15) is 11.1 Å². The van der Waals surface area contributed by atoms with E-state index in [1.165, 1.54) is 13.2 Å². The molecule has 0 radical (unpaired) electrons. The number of alkyl halides is 4. The SMILES string of the molecule is COc1ccc(C(F)(F)F)c(CCl)c1Cl. The molecule has 0 aliphatic rings. The summed E-state index contributed by atoms with van der Waals surface area (Å²) in [5.74, 6) is -0.134. The third-order valence-electron chi connectivity index (χ3n) is 1.87. The van der Waals surface area contributed by atoms with Gasteiger partial charge in [-0.25, -0.2) is 0 Å². The van der Waals surface area contributed by atoms with Crippen molar-refractivity contribution < 1.29 is 17.9 Å². The molecule has 84 valence electrons. The predicted octanol–water partition coefficient (Wildman–Crippen LogP) is 4.11. The van der Waals surface area contributed by atoms with Crippen molar-refractivity contribution in [3.05, 3.63) is 28.3 Å². The van der Waals surface area contributed by atoms with E-state index in [0.29, 0.717) is 0 Å². The Balaban J connectivity index is 3.38. The first kappa shape index (κ1) is 12.5. The first-order chi connectivity index (χ1) is 6.91. The van der Waals surface area contributed by atoms with E-state index in [-0.39, 0.29) is 22.2 Å². The lowest BCUT2D eigenvalue weighted by Crippen LogP contribution is -2.09. The number of hydrogen-bond donors (Lipinski definition) is 0. The lowest BCUT2D eigenvalue weighted by atomic mass is 10.1. The minimum atomic E-state index is -4.46. The van der Waals surface area contributed by atoms with Crippen LogP contribution < -0.4 is 4.74 Å². The molecule has 0 N–H and O–H groups in total. The van der Waals surface area contributed by atoms with Crippen LogP contribution in [0.4, 0.5) is 13.2 Å². The first-order valence-corrected chi connectivity index (χ1v) is 4.81. The van der Waals surface area contributed by atoms with Gasteiger partial charge in [0.1, 0.15) is 5.75 Å². The highest BCUT2D eigenvalue weighted by Gasteiger charge is 2.34. The largest absolute Gasteiger partial charge is 0.495 e. The molecule has 0 bridgehead atoms. The standard InChI is InChI=1S/C9H7Cl2F3O/c1-15-7-3-2-6(9(12,13)14)5(4-10)8(7)11/h2-3H,4H2,1H3. The monoisotopic (exact) mass is 258 g/mol. The zero-order chi connectivity index (χ0) is 11.6. The topological polar surface area (TPSA) is 9.23 Å². The van der Waals surface area contributed by atoms with Crippen molar-refractivity contribution in [2.24, 2.45) is 0 Å². The van der Waals surface area contributed by atoms with Crippen LogP contribution in [0.15, 0.2) is 12.1 Å². The Labute approximate surface area is 94.7 Å². The summed E-state index contributed by atoms with van der Waals surface area (Å²) in [6.07, 6.45) is -4.46. The molecular weight excluding hydrogens is 252 g/mol. The van der Waals surface area contributed by atoms with Gasteiger partial charge in [-0.2, -0.15) is 13.2 Å². The van der Waals surface area contributed by atoms with Gasteiger partial charge in [-0.15, -0.1) is 11.6 Å². The van der Waals surface area contributed by atoms with Crippen LogP contribution in [0.2, 0.25) is 5.02 Å². The van der Waals surface area contributed by atoms with E-state index < -0.39 is 11.7 Å². The average Bonchev–Trinajstić information content (AvgIpc) is 2.15. The van der Waals surface area contributed by atoms with Gasteiger partial charge in [0.15, 0.2) is 0 Å². The summed E-state index contributed by atoms with van der Waals surface area (Å²) in [6, 6.07) is 2.07. The summed E-state index contributed by atoms with van der Waals surface area (Å²) in [5, 5.41) is -0.0951. The number of hydrogen-bond acceptors (Lipinski definition) is 1. The molecule has 0 fully saturated rings. The molecule has 0 amide bonds. The van der Waals surface area contributed by atoms with Crippen LogP contribution in [0.3, 0.4) is 0 Å². The third kappa shape index (κ3) is 2.49. The molecule has 1 aromatic carbocycles. The van der Waals surface area contributed by atoms with Gasteiger partial charge in [0.05, 0.1) is 17.7 Å². The molecule has 0 atom stereocenters. The van der Waals surface area contributed by atoms with Crippen molar-refractivity contribution in [1.29, 1.82) is 0 Å². The smallest absolute Gasteiger partial charge is 0.416 e. The van der Waals surface area contributed by atoms with Crippen LogP contribution in [0.5, 0.6) is 5.75 Å². The average molecular weight is 259 g/mol. The van der Waals surface area contributed by atoms with Crippen molar-refractivity contribution in [3.8, 4) is 5.75 Å². The molecule has 0 spiro atoms. The number of rotatable bonds is 2.